The number of aromatic nitrogens is 2. The van der Waals surface area contributed by atoms with E-state index in [0.717, 1.165) is 9.35 Å². The van der Waals surface area contributed by atoms with E-state index in [1.54, 1.807) is 0 Å². The van der Waals surface area contributed by atoms with Gasteiger partial charge in [-0.2, -0.15) is 10.4 Å². The van der Waals surface area contributed by atoms with E-state index >= 15 is 0 Å². The lowest BCUT2D eigenvalue weighted by Crippen LogP contribution is -2.08. The Kier molecular flexibility index (Phi) is 2.66. The van der Waals surface area contributed by atoms with E-state index in [4.69, 9.17) is 5.26 Å². The molecule has 1 N–H and O–H groups in total. The van der Waals surface area contributed by atoms with Gasteiger partial charge in [0.2, 0.25) is 0 Å². The standard InChI is InChI=1S/C9H4BrN3OS/c10-6-2-7(15-4-6)9-5(3-11)1-8(14)12-13-9/h1-2,4H,(H,12,14). The quantitative estimate of drug-likeness (QED) is 0.871. The second-order valence-corrected chi connectivity index (χ2v) is 4.56. The Bertz CT molecular complexity index is 596. The molecule has 2 aromatic rings. The summed E-state index contributed by atoms with van der Waals surface area (Å²) in [5, 5.41) is 16.9. The van der Waals surface area contributed by atoms with Gasteiger partial charge in [0.15, 0.2) is 0 Å². The van der Waals surface area contributed by atoms with Crippen molar-refractivity contribution in [2.45, 2.75) is 0 Å². The summed E-state index contributed by atoms with van der Waals surface area (Å²) < 4.78 is 0.930. The highest BCUT2D eigenvalue weighted by molar-refractivity contribution is 9.10. The molecule has 0 aliphatic rings. The Morgan fingerprint density at radius 3 is 2.93 bits per heavy atom. The molecule has 0 amide bonds. The molecule has 0 aliphatic carbocycles. The van der Waals surface area contributed by atoms with Crippen LogP contribution in [0.15, 0.2) is 26.8 Å². The number of halogens is 1. The van der Waals surface area contributed by atoms with Crippen molar-refractivity contribution in [2.24, 2.45) is 0 Å². The van der Waals surface area contributed by atoms with Gasteiger partial charge in [0, 0.05) is 15.9 Å². The van der Waals surface area contributed by atoms with Crippen LogP contribution in [0.4, 0.5) is 0 Å². The van der Waals surface area contributed by atoms with Crippen molar-refractivity contribution in [3.8, 4) is 16.6 Å². The Morgan fingerprint density at radius 1 is 1.53 bits per heavy atom. The molecule has 0 unspecified atom stereocenters. The van der Waals surface area contributed by atoms with Crippen LogP contribution in [-0.2, 0) is 0 Å². The fourth-order valence-corrected chi connectivity index (χ4v) is 2.54. The van der Waals surface area contributed by atoms with Crippen LogP contribution in [0.3, 0.4) is 0 Å². The highest BCUT2D eigenvalue weighted by Crippen LogP contribution is 2.29. The highest BCUT2D eigenvalue weighted by Gasteiger charge is 2.09. The van der Waals surface area contributed by atoms with Crippen LogP contribution >= 0.6 is 27.3 Å². The van der Waals surface area contributed by atoms with Gasteiger partial charge in [0.1, 0.15) is 11.8 Å². The first-order valence-corrected chi connectivity index (χ1v) is 5.62. The van der Waals surface area contributed by atoms with Crippen molar-refractivity contribution in [3.05, 3.63) is 37.9 Å². The minimum Gasteiger partial charge on any atom is -0.268 e. The molecule has 2 aromatic heterocycles. The molecule has 0 atom stereocenters. The second kappa shape index (κ2) is 3.96. The van der Waals surface area contributed by atoms with E-state index in [0.29, 0.717) is 5.69 Å². The first kappa shape index (κ1) is 10.1. The first-order valence-electron chi connectivity index (χ1n) is 3.95. The molecule has 2 heterocycles. The summed E-state index contributed by atoms with van der Waals surface area (Å²) in [5.41, 5.74) is 0.423. The lowest BCUT2D eigenvalue weighted by molar-refractivity contribution is 0.992. The molecule has 4 nitrogen and oxygen atoms in total. The van der Waals surface area contributed by atoms with Crippen LogP contribution in [0.1, 0.15) is 5.56 Å². The molecule has 0 radical (unpaired) electrons. The normalized spacial score (nSPS) is 9.87. The van der Waals surface area contributed by atoms with E-state index < -0.39 is 0 Å². The van der Waals surface area contributed by atoms with Gasteiger partial charge in [-0.05, 0) is 22.0 Å². The molecule has 15 heavy (non-hydrogen) atoms. The van der Waals surface area contributed by atoms with Crippen LogP contribution in [0, 0.1) is 11.3 Å². The maximum Gasteiger partial charge on any atom is 0.265 e. The lowest BCUT2D eigenvalue weighted by atomic mass is 10.2. The van der Waals surface area contributed by atoms with Crippen LogP contribution in [0.2, 0.25) is 0 Å². The summed E-state index contributed by atoms with van der Waals surface area (Å²) in [6, 6.07) is 5.05. The van der Waals surface area contributed by atoms with Gasteiger partial charge in [-0.1, -0.05) is 0 Å². The van der Waals surface area contributed by atoms with Crippen molar-refractivity contribution in [3.63, 3.8) is 0 Å². The predicted molar refractivity (Wildman–Crippen MR) is 60.6 cm³/mol. The van der Waals surface area contributed by atoms with Gasteiger partial charge in [0.25, 0.3) is 5.56 Å². The topological polar surface area (TPSA) is 69.5 Å². The third-order valence-electron chi connectivity index (χ3n) is 1.73. The number of hydrogen-bond acceptors (Lipinski definition) is 4. The predicted octanol–water partition coefficient (Wildman–Crippen LogP) is 2.13. The van der Waals surface area contributed by atoms with Gasteiger partial charge in [-0.25, -0.2) is 5.10 Å². The summed E-state index contributed by atoms with van der Waals surface area (Å²) in [7, 11) is 0. The van der Waals surface area contributed by atoms with Crippen LogP contribution < -0.4 is 5.56 Å². The number of nitrogens with zero attached hydrogens (tertiary/aromatic N) is 2. The number of rotatable bonds is 1. The lowest BCUT2D eigenvalue weighted by Gasteiger charge is -1.96. The Hall–Kier alpha value is -1.45. The smallest absolute Gasteiger partial charge is 0.265 e. The summed E-state index contributed by atoms with van der Waals surface area (Å²) >= 11 is 4.77. The van der Waals surface area contributed by atoms with E-state index in [2.05, 4.69) is 26.1 Å². The Labute approximate surface area is 97.3 Å². The minimum absolute atomic E-state index is 0.285. The van der Waals surface area contributed by atoms with E-state index in [-0.39, 0.29) is 11.1 Å². The fourth-order valence-electron chi connectivity index (χ4n) is 1.11. The number of nitriles is 1. The summed E-state index contributed by atoms with van der Waals surface area (Å²) in [6.45, 7) is 0. The monoisotopic (exact) mass is 281 g/mol. The number of aromatic amines is 1. The van der Waals surface area contributed by atoms with Crippen LogP contribution in [-0.4, -0.2) is 10.2 Å². The third-order valence-corrected chi connectivity index (χ3v) is 3.43. The van der Waals surface area contributed by atoms with Crippen LogP contribution in [0.5, 0.6) is 0 Å². The minimum atomic E-state index is -0.370. The number of nitrogens with one attached hydrogen (secondary N) is 1. The first-order chi connectivity index (χ1) is 7.20. The van der Waals surface area contributed by atoms with E-state index in [1.807, 2.05) is 17.5 Å². The second-order valence-electron chi connectivity index (χ2n) is 2.74. The van der Waals surface area contributed by atoms with Gasteiger partial charge in [0.05, 0.1) is 10.4 Å². The molecule has 0 fully saturated rings. The average Bonchev–Trinajstić information content (AvgIpc) is 2.64. The van der Waals surface area contributed by atoms with Crippen molar-refractivity contribution in [2.75, 3.05) is 0 Å². The number of hydrogen-bond donors (Lipinski definition) is 1. The molecule has 0 bridgehead atoms. The maximum atomic E-state index is 11.0. The fraction of sp³-hybridized carbons (Fsp3) is 0. The zero-order chi connectivity index (χ0) is 10.8. The van der Waals surface area contributed by atoms with Gasteiger partial charge in [-0.3, -0.25) is 4.79 Å². The van der Waals surface area contributed by atoms with Crippen molar-refractivity contribution >= 4 is 27.3 Å². The number of H-pyrrole nitrogens is 1. The molecular weight excluding hydrogens is 278 g/mol. The third kappa shape index (κ3) is 1.98. The van der Waals surface area contributed by atoms with Crippen molar-refractivity contribution < 1.29 is 0 Å². The highest BCUT2D eigenvalue weighted by atomic mass is 79.9. The Morgan fingerprint density at radius 2 is 2.33 bits per heavy atom. The zero-order valence-electron chi connectivity index (χ0n) is 7.32. The maximum absolute atomic E-state index is 11.0. The SMILES string of the molecule is N#Cc1cc(=O)[nH]nc1-c1cc(Br)cs1. The van der Waals surface area contributed by atoms with Gasteiger partial charge in [-0.15, -0.1) is 11.3 Å². The van der Waals surface area contributed by atoms with Gasteiger partial charge >= 0.3 is 0 Å². The molecular formula is C9H4BrN3OS. The van der Waals surface area contributed by atoms with Crippen molar-refractivity contribution in [1.29, 1.82) is 5.26 Å². The molecule has 0 saturated heterocycles. The summed E-state index contributed by atoms with van der Waals surface area (Å²) in [5.74, 6) is 0. The molecule has 0 saturated carbocycles. The average molecular weight is 282 g/mol. The van der Waals surface area contributed by atoms with E-state index in [9.17, 15) is 4.79 Å². The molecule has 2 rings (SSSR count). The molecule has 6 heteroatoms. The van der Waals surface area contributed by atoms with Gasteiger partial charge < -0.3 is 0 Å². The zero-order valence-corrected chi connectivity index (χ0v) is 9.72. The largest absolute Gasteiger partial charge is 0.268 e. The molecule has 74 valence electrons. The molecule has 0 aromatic carbocycles. The van der Waals surface area contributed by atoms with Crippen molar-refractivity contribution in [1.82, 2.24) is 10.2 Å². The Balaban J connectivity index is 2.63. The number of thiophene rings is 1. The molecule has 0 aliphatic heterocycles. The van der Waals surface area contributed by atoms with Crippen LogP contribution in [0.25, 0.3) is 10.6 Å². The summed E-state index contributed by atoms with van der Waals surface area (Å²) in [4.78, 5) is 11.8. The summed E-state index contributed by atoms with van der Waals surface area (Å²) in [6.07, 6.45) is 0. The molecule has 0 spiro atoms. The van der Waals surface area contributed by atoms with E-state index in [1.165, 1.54) is 17.4 Å².